The fourth-order valence-corrected chi connectivity index (χ4v) is 2.30. The highest BCUT2D eigenvalue weighted by Gasteiger charge is 2.15. The maximum absolute atomic E-state index is 13.0. The molecule has 0 aliphatic heterocycles. The first-order chi connectivity index (χ1) is 7.06. The van der Waals surface area contributed by atoms with Gasteiger partial charge in [0, 0.05) is 6.54 Å². The van der Waals surface area contributed by atoms with Gasteiger partial charge >= 0.3 is 0 Å². The standard InChI is InChI=1S/C10H12FNO2S/c11-9(6-7-12)8-15(13,14)10-4-2-1-3-5-10/h1-6H,7-8,12H2/b9-6+. The summed E-state index contributed by atoms with van der Waals surface area (Å²) in [6.07, 6.45) is 1.06. The van der Waals surface area contributed by atoms with Gasteiger partial charge in [0.2, 0.25) is 0 Å². The van der Waals surface area contributed by atoms with Crippen LogP contribution in [-0.2, 0) is 9.84 Å². The molecule has 0 spiro atoms. The Hall–Kier alpha value is -1.20. The molecule has 1 aromatic rings. The largest absolute Gasteiger partial charge is 0.327 e. The molecule has 5 heteroatoms. The van der Waals surface area contributed by atoms with Gasteiger partial charge in [-0.3, -0.25) is 0 Å². The topological polar surface area (TPSA) is 60.2 Å². The molecule has 0 heterocycles. The molecule has 0 amide bonds. The van der Waals surface area contributed by atoms with E-state index in [0.29, 0.717) is 0 Å². The van der Waals surface area contributed by atoms with Gasteiger partial charge in [0.05, 0.1) is 4.90 Å². The third-order valence-electron chi connectivity index (χ3n) is 1.77. The minimum absolute atomic E-state index is 0.00383. The van der Waals surface area contributed by atoms with Crippen molar-refractivity contribution in [1.82, 2.24) is 0 Å². The molecule has 15 heavy (non-hydrogen) atoms. The van der Waals surface area contributed by atoms with Gasteiger partial charge in [-0.25, -0.2) is 12.8 Å². The van der Waals surface area contributed by atoms with Gasteiger partial charge < -0.3 is 5.73 Å². The summed E-state index contributed by atoms with van der Waals surface area (Å²) in [5, 5.41) is 0. The van der Waals surface area contributed by atoms with Gasteiger partial charge in [-0.1, -0.05) is 18.2 Å². The Kier molecular flexibility index (Phi) is 3.99. The average Bonchev–Trinajstić information content (AvgIpc) is 2.18. The second-order valence-electron chi connectivity index (χ2n) is 2.96. The number of halogens is 1. The van der Waals surface area contributed by atoms with Crippen LogP contribution in [0.15, 0.2) is 47.1 Å². The molecule has 1 rings (SSSR count). The normalized spacial score (nSPS) is 12.8. The van der Waals surface area contributed by atoms with E-state index >= 15 is 0 Å². The summed E-state index contributed by atoms with van der Waals surface area (Å²) in [6, 6.07) is 7.76. The first kappa shape index (κ1) is 11.9. The number of benzene rings is 1. The highest BCUT2D eigenvalue weighted by Crippen LogP contribution is 2.13. The molecule has 0 bridgehead atoms. The number of nitrogens with two attached hydrogens (primary N) is 1. The van der Waals surface area contributed by atoms with E-state index in [1.165, 1.54) is 12.1 Å². The van der Waals surface area contributed by atoms with Gasteiger partial charge in [0.15, 0.2) is 9.84 Å². The Morgan fingerprint density at radius 2 is 1.93 bits per heavy atom. The summed E-state index contributed by atoms with van der Waals surface area (Å²) < 4.78 is 36.2. The zero-order valence-corrected chi connectivity index (χ0v) is 8.87. The Morgan fingerprint density at radius 1 is 1.33 bits per heavy atom. The number of hydrogen-bond donors (Lipinski definition) is 1. The zero-order valence-electron chi connectivity index (χ0n) is 8.06. The van der Waals surface area contributed by atoms with Crippen LogP contribution in [0.3, 0.4) is 0 Å². The molecular weight excluding hydrogens is 217 g/mol. The van der Waals surface area contributed by atoms with Crippen LogP contribution in [0.25, 0.3) is 0 Å². The van der Waals surface area contributed by atoms with Crippen molar-refractivity contribution in [2.24, 2.45) is 5.73 Å². The van der Waals surface area contributed by atoms with Gasteiger partial charge in [-0.15, -0.1) is 0 Å². The van der Waals surface area contributed by atoms with Crippen molar-refractivity contribution in [3.8, 4) is 0 Å². The van der Waals surface area contributed by atoms with E-state index in [4.69, 9.17) is 5.73 Å². The number of hydrogen-bond acceptors (Lipinski definition) is 3. The molecule has 0 aromatic heterocycles. The maximum atomic E-state index is 13.0. The smallest absolute Gasteiger partial charge is 0.184 e. The molecule has 0 atom stereocenters. The van der Waals surface area contributed by atoms with Crippen LogP contribution in [0.4, 0.5) is 4.39 Å². The van der Waals surface area contributed by atoms with Gasteiger partial charge in [0.25, 0.3) is 0 Å². The molecular formula is C10H12FNO2S. The van der Waals surface area contributed by atoms with E-state index in [1.807, 2.05) is 0 Å². The lowest BCUT2D eigenvalue weighted by atomic mass is 10.4. The minimum atomic E-state index is -3.58. The van der Waals surface area contributed by atoms with Crippen molar-refractivity contribution < 1.29 is 12.8 Å². The van der Waals surface area contributed by atoms with E-state index in [2.05, 4.69) is 0 Å². The van der Waals surface area contributed by atoms with Crippen LogP contribution in [0.2, 0.25) is 0 Å². The zero-order chi connectivity index (χ0) is 11.3. The second-order valence-corrected chi connectivity index (χ2v) is 4.95. The highest BCUT2D eigenvalue weighted by molar-refractivity contribution is 7.91. The third-order valence-corrected chi connectivity index (χ3v) is 3.42. The van der Waals surface area contributed by atoms with Crippen LogP contribution in [0.1, 0.15) is 0 Å². The van der Waals surface area contributed by atoms with E-state index < -0.39 is 21.4 Å². The molecule has 0 unspecified atom stereocenters. The van der Waals surface area contributed by atoms with E-state index in [0.717, 1.165) is 6.08 Å². The summed E-state index contributed by atoms with van der Waals surface area (Å²) in [4.78, 5) is 0.116. The molecule has 0 aliphatic carbocycles. The summed E-state index contributed by atoms with van der Waals surface area (Å²) in [7, 11) is -3.58. The van der Waals surface area contributed by atoms with Crippen LogP contribution in [0, 0.1) is 0 Å². The maximum Gasteiger partial charge on any atom is 0.184 e. The predicted molar refractivity (Wildman–Crippen MR) is 56.7 cm³/mol. The van der Waals surface area contributed by atoms with Crippen molar-refractivity contribution in [1.29, 1.82) is 0 Å². The van der Waals surface area contributed by atoms with Gasteiger partial charge in [0.1, 0.15) is 11.6 Å². The average molecular weight is 229 g/mol. The molecule has 0 saturated heterocycles. The van der Waals surface area contributed by atoms with Gasteiger partial charge in [-0.2, -0.15) is 0 Å². The molecule has 0 aliphatic rings. The minimum Gasteiger partial charge on any atom is -0.327 e. The van der Waals surface area contributed by atoms with Crippen LogP contribution in [0.5, 0.6) is 0 Å². The van der Waals surface area contributed by atoms with Crippen molar-refractivity contribution in [3.63, 3.8) is 0 Å². The molecule has 0 radical (unpaired) electrons. The van der Waals surface area contributed by atoms with E-state index in [-0.39, 0.29) is 11.4 Å². The summed E-state index contributed by atoms with van der Waals surface area (Å²) in [6.45, 7) is -0.00383. The Bertz CT molecular complexity index is 440. The highest BCUT2D eigenvalue weighted by atomic mass is 32.2. The molecule has 3 nitrogen and oxygen atoms in total. The van der Waals surface area contributed by atoms with Crippen molar-refractivity contribution in [2.75, 3.05) is 12.3 Å². The lowest BCUT2D eigenvalue weighted by molar-refractivity contribution is 0.583. The Balaban J connectivity index is 2.91. The van der Waals surface area contributed by atoms with E-state index in [1.54, 1.807) is 18.2 Å². The molecule has 0 fully saturated rings. The van der Waals surface area contributed by atoms with Crippen LogP contribution < -0.4 is 5.73 Å². The van der Waals surface area contributed by atoms with Crippen LogP contribution >= 0.6 is 0 Å². The first-order valence-electron chi connectivity index (χ1n) is 4.38. The first-order valence-corrected chi connectivity index (χ1v) is 6.04. The summed E-state index contributed by atoms with van der Waals surface area (Å²) >= 11 is 0. The molecule has 0 saturated carbocycles. The summed E-state index contributed by atoms with van der Waals surface area (Å²) in [5.74, 6) is -1.35. The van der Waals surface area contributed by atoms with E-state index in [9.17, 15) is 12.8 Å². The lowest BCUT2D eigenvalue weighted by Gasteiger charge is -2.01. The Labute approximate surface area is 88.3 Å². The third kappa shape index (κ3) is 3.45. The van der Waals surface area contributed by atoms with Crippen molar-refractivity contribution in [2.45, 2.75) is 4.90 Å². The monoisotopic (exact) mass is 229 g/mol. The number of rotatable bonds is 4. The predicted octanol–water partition coefficient (Wildman–Crippen LogP) is 1.27. The second kappa shape index (κ2) is 5.04. The van der Waals surface area contributed by atoms with Crippen molar-refractivity contribution >= 4 is 9.84 Å². The SMILES string of the molecule is NC/C=C(/F)CS(=O)(=O)c1ccccc1. The summed E-state index contributed by atoms with van der Waals surface area (Å²) in [5.41, 5.74) is 5.08. The van der Waals surface area contributed by atoms with Crippen LogP contribution in [-0.4, -0.2) is 20.7 Å². The molecule has 2 N–H and O–H groups in total. The lowest BCUT2D eigenvalue weighted by Crippen LogP contribution is -2.08. The molecule has 82 valence electrons. The fraction of sp³-hybridized carbons (Fsp3) is 0.200. The van der Waals surface area contributed by atoms with Gasteiger partial charge in [-0.05, 0) is 18.2 Å². The number of sulfone groups is 1. The quantitative estimate of drug-likeness (QED) is 0.845. The Morgan fingerprint density at radius 3 is 2.47 bits per heavy atom. The molecule has 1 aromatic carbocycles. The van der Waals surface area contributed by atoms with Crippen molar-refractivity contribution in [3.05, 3.63) is 42.2 Å². The fourth-order valence-electron chi connectivity index (χ4n) is 1.08.